The summed E-state index contributed by atoms with van der Waals surface area (Å²) in [6.07, 6.45) is 1.49. The topological polar surface area (TPSA) is 71.1 Å². The van der Waals surface area contributed by atoms with E-state index >= 15 is 0 Å². The number of hydrogen-bond acceptors (Lipinski definition) is 3. The molecule has 0 spiro atoms. The van der Waals surface area contributed by atoms with Crippen molar-refractivity contribution in [2.75, 3.05) is 0 Å². The molecule has 14 heavy (non-hydrogen) atoms. The molecule has 0 unspecified atom stereocenters. The van der Waals surface area contributed by atoms with Gasteiger partial charge in [-0.1, -0.05) is 0 Å². The second-order valence-electron chi connectivity index (χ2n) is 2.50. The molecular formula is C8H8BrN3O2. The second-order valence-corrected chi connectivity index (χ2v) is 3.32. The van der Waals surface area contributed by atoms with Gasteiger partial charge in [0, 0.05) is 18.7 Å². The lowest BCUT2D eigenvalue weighted by atomic mass is 10.3. The van der Waals surface area contributed by atoms with Gasteiger partial charge in [0.25, 0.3) is 5.91 Å². The van der Waals surface area contributed by atoms with E-state index in [1.807, 2.05) is 0 Å². The Labute approximate surface area is 89.0 Å². The molecule has 0 aromatic carbocycles. The Morgan fingerprint density at radius 2 is 2.14 bits per heavy atom. The number of halogens is 1. The Balaban J connectivity index is 2.65. The van der Waals surface area contributed by atoms with Gasteiger partial charge in [0.05, 0.1) is 0 Å². The van der Waals surface area contributed by atoms with E-state index in [0.29, 0.717) is 10.2 Å². The maximum atomic E-state index is 11.3. The number of amides is 2. The molecule has 2 amide bonds. The molecule has 5 nitrogen and oxygen atoms in total. The van der Waals surface area contributed by atoms with Crippen molar-refractivity contribution in [3.8, 4) is 0 Å². The summed E-state index contributed by atoms with van der Waals surface area (Å²) >= 11 is 3.13. The van der Waals surface area contributed by atoms with Crippen molar-refractivity contribution in [1.82, 2.24) is 15.8 Å². The molecule has 0 saturated heterocycles. The number of hydrogen-bond donors (Lipinski definition) is 2. The Morgan fingerprint density at radius 1 is 1.43 bits per heavy atom. The van der Waals surface area contributed by atoms with E-state index in [4.69, 9.17) is 0 Å². The number of pyridine rings is 1. The number of carbonyl (C=O) groups excluding carboxylic acids is 2. The van der Waals surface area contributed by atoms with E-state index < -0.39 is 0 Å². The van der Waals surface area contributed by atoms with Crippen LogP contribution in [0.2, 0.25) is 0 Å². The van der Waals surface area contributed by atoms with Crippen LogP contribution in [0.5, 0.6) is 0 Å². The first-order chi connectivity index (χ1) is 6.59. The van der Waals surface area contributed by atoms with E-state index in [1.165, 1.54) is 13.1 Å². The molecule has 0 fully saturated rings. The normalized spacial score (nSPS) is 9.29. The smallest absolute Gasteiger partial charge is 0.269 e. The average molecular weight is 258 g/mol. The standard InChI is InChI=1S/C8H8BrN3O2/c1-5(13)11-12-8(14)6-2-3-10-7(9)4-6/h2-4H,1H3,(H,11,13)(H,12,14). The SMILES string of the molecule is CC(=O)NNC(=O)c1ccnc(Br)c1. The molecule has 0 radical (unpaired) electrons. The number of hydrazine groups is 1. The fourth-order valence-electron chi connectivity index (χ4n) is 0.761. The molecule has 2 N–H and O–H groups in total. The summed E-state index contributed by atoms with van der Waals surface area (Å²) in [5.41, 5.74) is 4.84. The minimum absolute atomic E-state index is 0.327. The minimum atomic E-state index is -0.386. The zero-order valence-corrected chi connectivity index (χ0v) is 8.96. The molecule has 1 aromatic heterocycles. The summed E-state index contributed by atoms with van der Waals surface area (Å²) in [4.78, 5) is 25.7. The molecule has 0 aliphatic rings. The molecule has 1 rings (SSSR count). The molecule has 1 heterocycles. The van der Waals surface area contributed by atoms with Gasteiger partial charge >= 0.3 is 0 Å². The Morgan fingerprint density at radius 3 is 2.71 bits per heavy atom. The van der Waals surface area contributed by atoms with Crippen molar-refractivity contribution >= 4 is 27.7 Å². The molecule has 6 heteroatoms. The van der Waals surface area contributed by atoms with Crippen LogP contribution in [0.4, 0.5) is 0 Å². The predicted octanol–water partition coefficient (Wildman–Crippen LogP) is 0.625. The first kappa shape index (κ1) is 10.6. The number of aromatic nitrogens is 1. The van der Waals surface area contributed by atoms with Crippen molar-refractivity contribution in [2.24, 2.45) is 0 Å². The summed E-state index contributed by atoms with van der Waals surface area (Å²) < 4.78 is 0.563. The van der Waals surface area contributed by atoms with Crippen LogP contribution in [0.15, 0.2) is 22.9 Å². The lowest BCUT2D eigenvalue weighted by Crippen LogP contribution is -2.40. The van der Waals surface area contributed by atoms with Crippen molar-refractivity contribution in [1.29, 1.82) is 0 Å². The van der Waals surface area contributed by atoms with E-state index in [1.54, 1.807) is 12.1 Å². The van der Waals surface area contributed by atoms with Gasteiger partial charge < -0.3 is 0 Å². The van der Waals surface area contributed by atoms with Crippen molar-refractivity contribution in [2.45, 2.75) is 6.92 Å². The predicted molar refractivity (Wildman–Crippen MR) is 53.2 cm³/mol. The largest absolute Gasteiger partial charge is 0.274 e. The summed E-state index contributed by atoms with van der Waals surface area (Å²) in [6.45, 7) is 1.31. The highest BCUT2D eigenvalue weighted by atomic mass is 79.9. The second kappa shape index (κ2) is 4.71. The maximum Gasteiger partial charge on any atom is 0.269 e. The molecule has 74 valence electrons. The summed E-state index contributed by atoms with van der Waals surface area (Å²) in [6, 6.07) is 3.10. The zero-order valence-electron chi connectivity index (χ0n) is 7.37. The fraction of sp³-hybridized carbons (Fsp3) is 0.125. The third-order valence-corrected chi connectivity index (χ3v) is 1.77. The molecule has 0 aliphatic carbocycles. The van der Waals surface area contributed by atoms with Gasteiger partial charge in [-0.2, -0.15) is 0 Å². The van der Waals surface area contributed by atoms with Crippen LogP contribution in [0.25, 0.3) is 0 Å². The highest BCUT2D eigenvalue weighted by molar-refractivity contribution is 9.10. The molecule has 1 aromatic rings. The molecule has 0 bridgehead atoms. The molecule has 0 aliphatic heterocycles. The van der Waals surface area contributed by atoms with E-state index in [0.717, 1.165) is 0 Å². The van der Waals surface area contributed by atoms with E-state index in [2.05, 4.69) is 31.8 Å². The highest BCUT2D eigenvalue weighted by Crippen LogP contribution is 2.07. The Bertz CT molecular complexity index is 367. The van der Waals surface area contributed by atoms with Gasteiger partial charge in [-0.15, -0.1) is 0 Å². The van der Waals surface area contributed by atoms with Crippen LogP contribution < -0.4 is 10.9 Å². The monoisotopic (exact) mass is 257 g/mol. The van der Waals surface area contributed by atoms with Gasteiger partial charge in [0.15, 0.2) is 0 Å². The number of rotatable bonds is 1. The first-order valence-corrected chi connectivity index (χ1v) is 4.57. The van der Waals surface area contributed by atoms with Crippen LogP contribution >= 0.6 is 15.9 Å². The minimum Gasteiger partial charge on any atom is -0.274 e. The lowest BCUT2D eigenvalue weighted by molar-refractivity contribution is -0.119. The Hall–Kier alpha value is -1.43. The van der Waals surface area contributed by atoms with Crippen molar-refractivity contribution in [3.63, 3.8) is 0 Å². The van der Waals surface area contributed by atoms with Crippen LogP contribution in [0, 0.1) is 0 Å². The zero-order chi connectivity index (χ0) is 10.6. The summed E-state index contributed by atoms with van der Waals surface area (Å²) in [5, 5.41) is 0. The average Bonchev–Trinajstić information content (AvgIpc) is 2.14. The van der Waals surface area contributed by atoms with Crippen LogP contribution in [0.1, 0.15) is 17.3 Å². The number of nitrogens with one attached hydrogen (secondary N) is 2. The van der Waals surface area contributed by atoms with Gasteiger partial charge in [0.2, 0.25) is 5.91 Å². The third-order valence-electron chi connectivity index (χ3n) is 1.34. The van der Waals surface area contributed by atoms with Gasteiger partial charge in [-0.3, -0.25) is 20.4 Å². The lowest BCUT2D eigenvalue weighted by Gasteiger charge is -2.04. The number of nitrogens with zero attached hydrogens (tertiary/aromatic N) is 1. The summed E-state index contributed by atoms with van der Waals surface area (Å²) in [5.74, 6) is -0.713. The first-order valence-electron chi connectivity index (χ1n) is 3.78. The van der Waals surface area contributed by atoms with Crippen molar-refractivity contribution in [3.05, 3.63) is 28.5 Å². The molecule has 0 atom stereocenters. The summed E-state index contributed by atoms with van der Waals surface area (Å²) in [7, 11) is 0. The van der Waals surface area contributed by atoms with Gasteiger partial charge in [-0.05, 0) is 28.1 Å². The third kappa shape index (κ3) is 3.14. The van der Waals surface area contributed by atoms with Gasteiger partial charge in [-0.25, -0.2) is 4.98 Å². The van der Waals surface area contributed by atoms with E-state index in [-0.39, 0.29) is 11.8 Å². The molecular weight excluding hydrogens is 250 g/mol. The maximum absolute atomic E-state index is 11.3. The quantitative estimate of drug-likeness (QED) is 0.573. The van der Waals surface area contributed by atoms with Crippen LogP contribution in [-0.2, 0) is 4.79 Å². The van der Waals surface area contributed by atoms with Crippen LogP contribution in [-0.4, -0.2) is 16.8 Å². The fourth-order valence-corrected chi connectivity index (χ4v) is 1.13. The van der Waals surface area contributed by atoms with Crippen LogP contribution in [0.3, 0.4) is 0 Å². The Kier molecular flexibility index (Phi) is 3.58. The van der Waals surface area contributed by atoms with Gasteiger partial charge in [0.1, 0.15) is 4.60 Å². The highest BCUT2D eigenvalue weighted by Gasteiger charge is 2.05. The molecule has 0 saturated carbocycles. The number of carbonyl (C=O) groups is 2. The van der Waals surface area contributed by atoms with E-state index in [9.17, 15) is 9.59 Å². The van der Waals surface area contributed by atoms with Crippen molar-refractivity contribution < 1.29 is 9.59 Å².